The molecule has 0 saturated carbocycles. The van der Waals surface area contributed by atoms with Crippen molar-refractivity contribution in [3.05, 3.63) is 131 Å². The van der Waals surface area contributed by atoms with Crippen molar-refractivity contribution in [2.45, 2.75) is 30.2 Å². The van der Waals surface area contributed by atoms with E-state index in [1.165, 1.54) is 22.3 Å². The van der Waals surface area contributed by atoms with Gasteiger partial charge < -0.3 is 10.2 Å². The highest BCUT2D eigenvalue weighted by Crippen LogP contribution is 2.56. The van der Waals surface area contributed by atoms with Crippen LogP contribution < -0.4 is 0 Å². The molecule has 1 aliphatic carbocycles. The van der Waals surface area contributed by atoms with Crippen molar-refractivity contribution in [2.75, 3.05) is 6.54 Å². The first-order valence-corrected chi connectivity index (χ1v) is 11.6. The minimum absolute atomic E-state index is 0.234. The standard InChI is InChI=1S/C30H27NO2/c32-28-20-31(27(29(28)33)19-21-11-3-1-4-12-21)30(22-13-5-2-6-14-22)25-17-9-7-15-23(25)24-16-8-10-18-26(24)30/h1-18,27-29,32-33H,19-20H2/t27-,28+,29-/m0/s1. The number of hydrogen-bond donors (Lipinski definition) is 2. The van der Waals surface area contributed by atoms with E-state index in [4.69, 9.17) is 0 Å². The van der Waals surface area contributed by atoms with Crippen LogP contribution in [0.4, 0.5) is 0 Å². The Morgan fingerprint density at radius 2 is 1.18 bits per heavy atom. The molecule has 0 radical (unpaired) electrons. The van der Waals surface area contributed by atoms with E-state index in [1.54, 1.807) is 0 Å². The van der Waals surface area contributed by atoms with Gasteiger partial charge in [-0.2, -0.15) is 0 Å². The van der Waals surface area contributed by atoms with Crippen LogP contribution in [0.15, 0.2) is 109 Å². The Kier molecular flexibility index (Phi) is 4.92. The van der Waals surface area contributed by atoms with Crippen LogP contribution in [0.2, 0.25) is 0 Å². The summed E-state index contributed by atoms with van der Waals surface area (Å²) >= 11 is 0. The molecule has 33 heavy (non-hydrogen) atoms. The molecule has 0 spiro atoms. The summed E-state index contributed by atoms with van der Waals surface area (Å²) in [6.45, 7) is 0.399. The molecule has 1 saturated heterocycles. The lowest BCUT2D eigenvalue weighted by Crippen LogP contribution is -2.51. The SMILES string of the molecule is O[C@@H]1[C@H](O)CN(C2(c3ccccc3)c3ccccc3-c3ccccc32)[C@H]1Cc1ccccc1. The quantitative estimate of drug-likeness (QED) is 0.494. The summed E-state index contributed by atoms with van der Waals surface area (Å²) in [4.78, 5) is 2.36. The van der Waals surface area contributed by atoms with Gasteiger partial charge in [0.25, 0.3) is 0 Å². The van der Waals surface area contributed by atoms with Crippen molar-refractivity contribution < 1.29 is 10.2 Å². The molecule has 0 aromatic heterocycles. The molecule has 2 aliphatic rings. The first-order valence-electron chi connectivity index (χ1n) is 11.6. The fourth-order valence-corrected chi connectivity index (χ4v) is 6.04. The monoisotopic (exact) mass is 433 g/mol. The summed E-state index contributed by atoms with van der Waals surface area (Å²) in [6, 6.07) is 37.7. The second-order valence-electron chi connectivity index (χ2n) is 9.13. The number of fused-ring (bicyclic) bond motifs is 3. The third kappa shape index (κ3) is 3.01. The van der Waals surface area contributed by atoms with E-state index in [9.17, 15) is 10.2 Å². The zero-order valence-corrected chi connectivity index (χ0v) is 18.4. The van der Waals surface area contributed by atoms with Crippen LogP contribution in [0, 0.1) is 0 Å². The molecular weight excluding hydrogens is 406 g/mol. The lowest BCUT2D eigenvalue weighted by molar-refractivity contribution is 0.0334. The first-order chi connectivity index (χ1) is 16.2. The Hall–Kier alpha value is -3.24. The van der Waals surface area contributed by atoms with Gasteiger partial charge in [0.15, 0.2) is 0 Å². The molecule has 0 unspecified atom stereocenters. The van der Waals surface area contributed by atoms with Crippen LogP contribution in [0.1, 0.15) is 22.3 Å². The second-order valence-corrected chi connectivity index (χ2v) is 9.13. The molecule has 2 N–H and O–H groups in total. The average Bonchev–Trinajstić information content (AvgIpc) is 3.33. The molecule has 0 amide bonds. The highest BCUT2D eigenvalue weighted by Gasteiger charge is 2.55. The molecule has 4 aromatic rings. The van der Waals surface area contributed by atoms with Crippen molar-refractivity contribution in [3.8, 4) is 11.1 Å². The average molecular weight is 434 g/mol. The van der Waals surface area contributed by atoms with Gasteiger partial charge in [-0.3, -0.25) is 4.90 Å². The lowest BCUT2D eigenvalue weighted by Gasteiger charge is -2.45. The predicted molar refractivity (Wildman–Crippen MR) is 131 cm³/mol. The van der Waals surface area contributed by atoms with Gasteiger partial charge in [0, 0.05) is 12.6 Å². The maximum atomic E-state index is 11.2. The van der Waals surface area contributed by atoms with Gasteiger partial charge in [-0.1, -0.05) is 109 Å². The molecule has 0 bridgehead atoms. The number of likely N-dealkylation sites (tertiary alicyclic amines) is 1. The Balaban J connectivity index is 1.62. The Bertz CT molecular complexity index is 1230. The topological polar surface area (TPSA) is 43.7 Å². The summed E-state index contributed by atoms with van der Waals surface area (Å²) in [5.41, 5.74) is 6.56. The summed E-state index contributed by atoms with van der Waals surface area (Å²) in [5.74, 6) is 0. The number of rotatable bonds is 4. The maximum absolute atomic E-state index is 11.2. The van der Waals surface area contributed by atoms with Gasteiger partial charge in [-0.25, -0.2) is 0 Å². The maximum Gasteiger partial charge on any atom is 0.0989 e. The smallest absolute Gasteiger partial charge is 0.0989 e. The van der Waals surface area contributed by atoms with E-state index < -0.39 is 17.7 Å². The number of aliphatic hydroxyl groups excluding tert-OH is 2. The Morgan fingerprint density at radius 3 is 1.79 bits per heavy atom. The van der Waals surface area contributed by atoms with Crippen LogP contribution in [-0.4, -0.2) is 39.9 Å². The zero-order chi connectivity index (χ0) is 22.4. The molecule has 3 heteroatoms. The number of benzene rings is 4. The van der Waals surface area contributed by atoms with Crippen molar-refractivity contribution in [1.29, 1.82) is 0 Å². The summed E-state index contributed by atoms with van der Waals surface area (Å²) < 4.78 is 0. The molecule has 4 aromatic carbocycles. The first kappa shape index (κ1) is 20.4. The van der Waals surface area contributed by atoms with E-state index in [0.29, 0.717) is 13.0 Å². The van der Waals surface area contributed by atoms with E-state index in [2.05, 4.69) is 89.8 Å². The van der Waals surface area contributed by atoms with Crippen LogP contribution in [0.5, 0.6) is 0 Å². The summed E-state index contributed by atoms with van der Waals surface area (Å²) in [7, 11) is 0. The molecule has 6 rings (SSSR count). The van der Waals surface area contributed by atoms with Crippen LogP contribution in [-0.2, 0) is 12.0 Å². The van der Waals surface area contributed by atoms with Gasteiger partial charge in [0.05, 0.1) is 17.7 Å². The second kappa shape index (κ2) is 7.96. The molecule has 1 aliphatic heterocycles. The number of β-amino-alcohol motifs (C(OH)–C–C–N with tert-alkyl or cyclic N) is 1. The van der Waals surface area contributed by atoms with E-state index in [1.807, 2.05) is 24.3 Å². The number of nitrogens with zero attached hydrogens (tertiary/aromatic N) is 1. The van der Waals surface area contributed by atoms with E-state index in [0.717, 1.165) is 11.1 Å². The predicted octanol–water partition coefficient (Wildman–Crippen LogP) is 4.61. The van der Waals surface area contributed by atoms with Gasteiger partial charge >= 0.3 is 0 Å². The molecule has 1 fully saturated rings. The highest BCUT2D eigenvalue weighted by atomic mass is 16.3. The Labute approximate surface area is 194 Å². The van der Waals surface area contributed by atoms with Gasteiger partial charge in [0.1, 0.15) is 0 Å². The van der Waals surface area contributed by atoms with Crippen molar-refractivity contribution in [1.82, 2.24) is 4.90 Å². The van der Waals surface area contributed by atoms with Gasteiger partial charge in [-0.05, 0) is 39.8 Å². The largest absolute Gasteiger partial charge is 0.389 e. The summed E-state index contributed by atoms with van der Waals surface area (Å²) in [6.07, 6.45) is -0.970. The number of aliphatic hydroxyl groups is 2. The fraction of sp³-hybridized carbons (Fsp3) is 0.200. The Morgan fingerprint density at radius 1 is 0.667 bits per heavy atom. The lowest BCUT2D eigenvalue weighted by atomic mass is 9.78. The van der Waals surface area contributed by atoms with Gasteiger partial charge in [-0.15, -0.1) is 0 Å². The fourth-order valence-electron chi connectivity index (χ4n) is 6.04. The highest BCUT2D eigenvalue weighted by molar-refractivity contribution is 5.83. The van der Waals surface area contributed by atoms with Gasteiger partial charge in [0.2, 0.25) is 0 Å². The molecular formula is C30H27NO2. The third-order valence-corrected chi connectivity index (χ3v) is 7.41. The summed E-state index contributed by atoms with van der Waals surface area (Å²) in [5, 5.41) is 22.2. The molecule has 1 heterocycles. The minimum atomic E-state index is -0.828. The molecule has 164 valence electrons. The minimum Gasteiger partial charge on any atom is -0.389 e. The van der Waals surface area contributed by atoms with Crippen LogP contribution >= 0.6 is 0 Å². The van der Waals surface area contributed by atoms with Crippen molar-refractivity contribution >= 4 is 0 Å². The van der Waals surface area contributed by atoms with Crippen LogP contribution in [0.25, 0.3) is 11.1 Å². The van der Waals surface area contributed by atoms with E-state index >= 15 is 0 Å². The number of hydrogen-bond acceptors (Lipinski definition) is 3. The molecule has 3 atom stereocenters. The van der Waals surface area contributed by atoms with Crippen molar-refractivity contribution in [2.24, 2.45) is 0 Å². The zero-order valence-electron chi connectivity index (χ0n) is 18.4. The van der Waals surface area contributed by atoms with Crippen molar-refractivity contribution in [3.63, 3.8) is 0 Å². The third-order valence-electron chi connectivity index (χ3n) is 7.41. The molecule has 3 nitrogen and oxygen atoms in total. The normalized spacial score (nSPS) is 23.3. The van der Waals surface area contributed by atoms with E-state index in [-0.39, 0.29) is 6.04 Å². The van der Waals surface area contributed by atoms with Crippen LogP contribution in [0.3, 0.4) is 0 Å².